The Morgan fingerprint density at radius 1 is 1.14 bits per heavy atom. The van der Waals surface area contributed by atoms with Gasteiger partial charge in [-0.05, 0) is 19.1 Å². The van der Waals surface area contributed by atoms with E-state index >= 15 is 0 Å². The SMILES string of the molecule is C/C=N\N1C(=O)c2ccccc2C1=O. The summed E-state index contributed by atoms with van der Waals surface area (Å²) in [5, 5.41) is 4.59. The van der Waals surface area contributed by atoms with Crippen LogP contribution in [0.3, 0.4) is 0 Å². The highest BCUT2D eigenvalue weighted by Crippen LogP contribution is 2.22. The van der Waals surface area contributed by atoms with Crippen molar-refractivity contribution in [3.05, 3.63) is 35.4 Å². The molecule has 1 aromatic carbocycles. The van der Waals surface area contributed by atoms with Crippen molar-refractivity contribution in [2.75, 3.05) is 0 Å². The lowest BCUT2D eigenvalue weighted by atomic mass is 10.1. The quantitative estimate of drug-likeness (QED) is 0.492. The Morgan fingerprint density at radius 3 is 2.07 bits per heavy atom. The molecule has 2 rings (SSSR count). The molecular formula is C10H8N2O2. The third-order valence-electron chi connectivity index (χ3n) is 2.00. The van der Waals surface area contributed by atoms with Crippen molar-refractivity contribution in [2.24, 2.45) is 5.10 Å². The minimum Gasteiger partial charge on any atom is -0.267 e. The highest BCUT2D eigenvalue weighted by atomic mass is 16.2. The monoisotopic (exact) mass is 188 g/mol. The molecule has 4 nitrogen and oxygen atoms in total. The summed E-state index contributed by atoms with van der Waals surface area (Å²) in [6, 6.07) is 6.70. The molecule has 0 fully saturated rings. The molecule has 14 heavy (non-hydrogen) atoms. The van der Waals surface area contributed by atoms with Gasteiger partial charge in [0.15, 0.2) is 0 Å². The molecule has 1 aliphatic heterocycles. The summed E-state index contributed by atoms with van der Waals surface area (Å²) in [4.78, 5) is 23.2. The second-order valence-corrected chi connectivity index (χ2v) is 2.84. The molecule has 70 valence electrons. The molecule has 0 atom stereocenters. The smallest absolute Gasteiger partial charge is 0.267 e. The molecule has 0 saturated heterocycles. The van der Waals surface area contributed by atoms with E-state index in [4.69, 9.17) is 0 Å². The average molecular weight is 188 g/mol. The Kier molecular flexibility index (Phi) is 1.89. The van der Waals surface area contributed by atoms with E-state index in [2.05, 4.69) is 5.10 Å². The first-order chi connectivity index (χ1) is 6.75. The number of rotatable bonds is 1. The molecule has 4 heteroatoms. The summed E-state index contributed by atoms with van der Waals surface area (Å²) in [7, 11) is 0. The summed E-state index contributed by atoms with van der Waals surface area (Å²) in [6.45, 7) is 1.66. The maximum atomic E-state index is 11.6. The zero-order valence-electron chi connectivity index (χ0n) is 7.60. The molecule has 0 saturated carbocycles. The number of benzene rings is 1. The van der Waals surface area contributed by atoms with Crippen LogP contribution in [0.25, 0.3) is 0 Å². The average Bonchev–Trinajstić information content (AvgIpc) is 2.45. The van der Waals surface area contributed by atoms with E-state index in [1.165, 1.54) is 6.21 Å². The molecule has 0 unspecified atom stereocenters. The lowest BCUT2D eigenvalue weighted by Crippen LogP contribution is -2.23. The van der Waals surface area contributed by atoms with Gasteiger partial charge in [0.2, 0.25) is 0 Å². The number of hydrogen-bond acceptors (Lipinski definition) is 3. The van der Waals surface area contributed by atoms with Crippen molar-refractivity contribution in [3.63, 3.8) is 0 Å². The van der Waals surface area contributed by atoms with Crippen LogP contribution in [-0.2, 0) is 0 Å². The summed E-state index contributed by atoms with van der Waals surface area (Å²) in [5.74, 6) is -0.715. The number of hydrogen-bond donors (Lipinski definition) is 0. The fraction of sp³-hybridized carbons (Fsp3) is 0.100. The van der Waals surface area contributed by atoms with E-state index in [9.17, 15) is 9.59 Å². The first-order valence-electron chi connectivity index (χ1n) is 4.22. The molecule has 2 amide bonds. The molecule has 0 bridgehead atoms. The Bertz CT molecular complexity index is 403. The Balaban J connectivity index is 2.53. The zero-order chi connectivity index (χ0) is 10.1. The highest BCUT2D eigenvalue weighted by Gasteiger charge is 2.34. The number of hydrazone groups is 1. The van der Waals surface area contributed by atoms with Crippen LogP contribution < -0.4 is 0 Å². The first-order valence-corrected chi connectivity index (χ1v) is 4.22. The third-order valence-corrected chi connectivity index (χ3v) is 2.00. The first kappa shape index (κ1) is 8.62. The third kappa shape index (κ3) is 1.04. The van der Waals surface area contributed by atoms with Gasteiger partial charge < -0.3 is 0 Å². The zero-order valence-corrected chi connectivity index (χ0v) is 7.60. The summed E-state index contributed by atoms with van der Waals surface area (Å²) in [6.07, 6.45) is 1.42. The number of imide groups is 1. The van der Waals surface area contributed by atoms with Gasteiger partial charge >= 0.3 is 0 Å². The number of amides is 2. The van der Waals surface area contributed by atoms with E-state index < -0.39 is 0 Å². The fourth-order valence-electron chi connectivity index (χ4n) is 1.40. The molecule has 0 aromatic heterocycles. The van der Waals surface area contributed by atoms with E-state index in [-0.39, 0.29) is 11.8 Å². The Labute approximate surface area is 80.8 Å². The molecule has 0 aliphatic carbocycles. The Hall–Kier alpha value is -1.97. The molecule has 1 aliphatic rings. The van der Waals surface area contributed by atoms with Crippen molar-refractivity contribution >= 4 is 18.0 Å². The van der Waals surface area contributed by atoms with Gasteiger partial charge in [-0.3, -0.25) is 9.59 Å². The van der Waals surface area contributed by atoms with Crippen LogP contribution >= 0.6 is 0 Å². The molecule has 0 radical (unpaired) electrons. The second kappa shape index (κ2) is 3.06. The maximum absolute atomic E-state index is 11.6. The topological polar surface area (TPSA) is 49.7 Å². The van der Waals surface area contributed by atoms with Crippen LogP contribution in [-0.4, -0.2) is 23.0 Å². The van der Waals surface area contributed by atoms with Crippen LogP contribution in [0.15, 0.2) is 29.4 Å². The van der Waals surface area contributed by atoms with Gasteiger partial charge in [0.1, 0.15) is 0 Å². The molecule has 1 heterocycles. The van der Waals surface area contributed by atoms with Gasteiger partial charge in [0.05, 0.1) is 11.1 Å². The number of fused-ring (bicyclic) bond motifs is 1. The molecule has 1 aromatic rings. The van der Waals surface area contributed by atoms with E-state index in [1.54, 1.807) is 31.2 Å². The van der Waals surface area contributed by atoms with Crippen LogP contribution in [0, 0.1) is 0 Å². The van der Waals surface area contributed by atoms with Crippen molar-refractivity contribution in [3.8, 4) is 0 Å². The summed E-state index contributed by atoms with van der Waals surface area (Å²) in [5.41, 5.74) is 0.839. The lowest BCUT2D eigenvalue weighted by molar-refractivity contribution is 0.0659. The van der Waals surface area contributed by atoms with Crippen molar-refractivity contribution < 1.29 is 9.59 Å². The number of carbonyl (C=O) groups excluding carboxylic acids is 2. The maximum Gasteiger partial charge on any atom is 0.282 e. The predicted molar refractivity (Wildman–Crippen MR) is 51.1 cm³/mol. The highest BCUT2D eigenvalue weighted by molar-refractivity contribution is 6.21. The molecular weight excluding hydrogens is 180 g/mol. The van der Waals surface area contributed by atoms with Crippen molar-refractivity contribution in [1.29, 1.82) is 0 Å². The molecule has 0 spiro atoms. The standard InChI is InChI=1S/C10H8N2O2/c1-2-11-12-9(13)7-5-3-4-6-8(7)10(12)14/h2-6H,1H3/b11-2-. The van der Waals surface area contributed by atoms with Crippen molar-refractivity contribution in [1.82, 2.24) is 5.01 Å². The van der Waals surface area contributed by atoms with Gasteiger partial charge in [-0.15, -0.1) is 0 Å². The van der Waals surface area contributed by atoms with Gasteiger partial charge in [-0.2, -0.15) is 10.1 Å². The van der Waals surface area contributed by atoms with Gasteiger partial charge in [0, 0.05) is 6.21 Å². The van der Waals surface area contributed by atoms with E-state index in [1.807, 2.05) is 0 Å². The van der Waals surface area contributed by atoms with Crippen LogP contribution in [0.5, 0.6) is 0 Å². The fourth-order valence-corrected chi connectivity index (χ4v) is 1.40. The van der Waals surface area contributed by atoms with Crippen LogP contribution in [0.1, 0.15) is 27.6 Å². The van der Waals surface area contributed by atoms with E-state index in [0.29, 0.717) is 11.1 Å². The van der Waals surface area contributed by atoms with Crippen LogP contribution in [0.2, 0.25) is 0 Å². The minimum atomic E-state index is -0.358. The lowest BCUT2D eigenvalue weighted by Gasteiger charge is -2.03. The minimum absolute atomic E-state index is 0.358. The number of nitrogens with zero attached hydrogens (tertiary/aromatic N) is 2. The van der Waals surface area contributed by atoms with Gasteiger partial charge in [-0.1, -0.05) is 12.1 Å². The Morgan fingerprint density at radius 2 is 1.64 bits per heavy atom. The largest absolute Gasteiger partial charge is 0.282 e. The normalized spacial score (nSPS) is 15.4. The molecule has 0 N–H and O–H groups in total. The second-order valence-electron chi connectivity index (χ2n) is 2.84. The number of carbonyl (C=O) groups is 2. The van der Waals surface area contributed by atoms with Crippen LogP contribution in [0.4, 0.5) is 0 Å². The van der Waals surface area contributed by atoms with Crippen molar-refractivity contribution in [2.45, 2.75) is 6.92 Å². The van der Waals surface area contributed by atoms with Gasteiger partial charge in [0.25, 0.3) is 11.8 Å². The van der Waals surface area contributed by atoms with Gasteiger partial charge in [-0.25, -0.2) is 0 Å². The summed E-state index contributed by atoms with van der Waals surface area (Å²) >= 11 is 0. The predicted octanol–water partition coefficient (Wildman–Crippen LogP) is 1.29. The summed E-state index contributed by atoms with van der Waals surface area (Å²) < 4.78 is 0. The van der Waals surface area contributed by atoms with E-state index in [0.717, 1.165) is 5.01 Å².